The lowest BCUT2D eigenvalue weighted by molar-refractivity contribution is 0.109. The molecule has 1 atom stereocenters. The minimum Gasteiger partial charge on any atom is -0.497 e. The molecular weight excluding hydrogens is 193 g/mol. The molecule has 0 spiro atoms. The van der Waals surface area contributed by atoms with E-state index in [0.29, 0.717) is 5.56 Å². The lowest BCUT2D eigenvalue weighted by Gasteiger charge is -2.28. The largest absolute Gasteiger partial charge is 0.497 e. The van der Waals surface area contributed by atoms with Crippen LogP contribution in [0.2, 0.25) is 0 Å². The van der Waals surface area contributed by atoms with E-state index in [2.05, 4.69) is 0 Å². The van der Waals surface area contributed by atoms with Gasteiger partial charge >= 0.3 is 0 Å². The topological polar surface area (TPSA) is 35.2 Å². The Balaban J connectivity index is 3.03. The zero-order valence-electron chi connectivity index (χ0n) is 9.46. The third kappa shape index (κ3) is 2.29. The smallest absolute Gasteiger partial charge is 0.150 e. The molecule has 3 heteroatoms. The molecule has 0 fully saturated rings. The number of ether oxygens (including phenoxy) is 1. The molecule has 2 N–H and O–H groups in total. The molecule has 0 radical (unpaired) electrons. The molecule has 1 unspecified atom stereocenters. The van der Waals surface area contributed by atoms with Crippen LogP contribution >= 0.6 is 0 Å². The maximum atomic E-state index is 14.4. The number of nitrogens with two attached hydrogens (primary N) is 1. The van der Waals surface area contributed by atoms with Gasteiger partial charge in [0, 0.05) is 6.54 Å². The van der Waals surface area contributed by atoms with E-state index >= 15 is 0 Å². The Hall–Kier alpha value is -1.09. The zero-order chi connectivity index (χ0) is 11.5. The van der Waals surface area contributed by atoms with Crippen LogP contribution in [0, 0.1) is 5.92 Å². The average Bonchev–Trinajstić information content (AvgIpc) is 2.28. The van der Waals surface area contributed by atoms with Crippen LogP contribution in [0.5, 0.6) is 5.75 Å². The van der Waals surface area contributed by atoms with Crippen molar-refractivity contribution in [3.8, 4) is 5.75 Å². The molecule has 2 nitrogen and oxygen atoms in total. The van der Waals surface area contributed by atoms with Gasteiger partial charge in [0.1, 0.15) is 11.4 Å². The SMILES string of the molecule is COc1ccc(C(F)(CN)C(C)C)cc1. The van der Waals surface area contributed by atoms with Crippen molar-refractivity contribution >= 4 is 0 Å². The van der Waals surface area contributed by atoms with Crippen LogP contribution in [-0.4, -0.2) is 13.7 Å². The van der Waals surface area contributed by atoms with Crippen LogP contribution in [0.3, 0.4) is 0 Å². The lowest BCUT2D eigenvalue weighted by Crippen LogP contribution is -2.35. The minimum absolute atomic E-state index is 0.00298. The average molecular weight is 211 g/mol. The minimum atomic E-state index is -1.45. The van der Waals surface area contributed by atoms with Crippen molar-refractivity contribution < 1.29 is 9.13 Å². The molecule has 0 aliphatic heterocycles. The van der Waals surface area contributed by atoms with Gasteiger partial charge in [-0.15, -0.1) is 0 Å². The number of alkyl halides is 1. The fraction of sp³-hybridized carbons (Fsp3) is 0.500. The molecule has 0 aliphatic carbocycles. The molecule has 0 amide bonds. The maximum absolute atomic E-state index is 14.4. The molecule has 1 aromatic carbocycles. The first-order valence-corrected chi connectivity index (χ1v) is 5.08. The van der Waals surface area contributed by atoms with Crippen LogP contribution < -0.4 is 10.5 Å². The Morgan fingerprint density at radius 3 is 2.20 bits per heavy atom. The first-order valence-electron chi connectivity index (χ1n) is 5.08. The predicted molar refractivity (Wildman–Crippen MR) is 59.7 cm³/mol. The number of rotatable bonds is 4. The second-order valence-electron chi connectivity index (χ2n) is 3.95. The van der Waals surface area contributed by atoms with Crippen molar-refractivity contribution in [2.75, 3.05) is 13.7 Å². The van der Waals surface area contributed by atoms with E-state index in [4.69, 9.17) is 10.5 Å². The molecule has 1 aromatic rings. The van der Waals surface area contributed by atoms with Crippen molar-refractivity contribution in [1.29, 1.82) is 0 Å². The van der Waals surface area contributed by atoms with Gasteiger partial charge in [-0.1, -0.05) is 26.0 Å². The fourth-order valence-corrected chi connectivity index (χ4v) is 1.55. The third-order valence-corrected chi connectivity index (χ3v) is 2.78. The van der Waals surface area contributed by atoms with Crippen molar-refractivity contribution in [3.63, 3.8) is 0 Å². The Labute approximate surface area is 90.2 Å². The number of halogens is 1. The van der Waals surface area contributed by atoms with Crippen LogP contribution in [0.1, 0.15) is 19.4 Å². The Morgan fingerprint density at radius 1 is 1.33 bits per heavy atom. The Morgan fingerprint density at radius 2 is 1.87 bits per heavy atom. The number of methoxy groups -OCH3 is 1. The van der Waals surface area contributed by atoms with Crippen molar-refractivity contribution in [2.45, 2.75) is 19.5 Å². The summed E-state index contributed by atoms with van der Waals surface area (Å²) < 4.78 is 19.5. The Kier molecular flexibility index (Phi) is 3.69. The van der Waals surface area contributed by atoms with Gasteiger partial charge < -0.3 is 10.5 Å². The quantitative estimate of drug-likeness (QED) is 0.830. The molecular formula is C12H18FNO. The highest BCUT2D eigenvalue weighted by Crippen LogP contribution is 2.33. The first-order chi connectivity index (χ1) is 7.04. The van der Waals surface area contributed by atoms with Crippen LogP contribution in [0.4, 0.5) is 4.39 Å². The summed E-state index contributed by atoms with van der Waals surface area (Å²) in [7, 11) is 1.59. The zero-order valence-corrected chi connectivity index (χ0v) is 9.46. The standard InChI is InChI=1S/C12H18FNO/c1-9(2)12(13,8-14)10-4-6-11(15-3)7-5-10/h4-7,9H,8,14H2,1-3H3. The van der Waals surface area contributed by atoms with Crippen LogP contribution in [-0.2, 0) is 5.67 Å². The molecule has 15 heavy (non-hydrogen) atoms. The predicted octanol–water partition coefficient (Wildman–Crippen LogP) is 2.47. The van der Waals surface area contributed by atoms with Gasteiger partial charge in [0.25, 0.3) is 0 Å². The van der Waals surface area contributed by atoms with Gasteiger partial charge in [-0.2, -0.15) is 0 Å². The summed E-state index contributed by atoms with van der Waals surface area (Å²) in [5.74, 6) is 0.581. The van der Waals surface area contributed by atoms with E-state index in [0.717, 1.165) is 5.75 Å². The summed E-state index contributed by atoms with van der Waals surface area (Å²) in [6, 6.07) is 6.96. The van der Waals surface area contributed by atoms with Gasteiger partial charge in [-0.25, -0.2) is 4.39 Å². The molecule has 1 rings (SSSR count). The van der Waals surface area contributed by atoms with Gasteiger partial charge in [0.2, 0.25) is 0 Å². The summed E-state index contributed by atoms with van der Waals surface area (Å²) in [6.45, 7) is 3.66. The van der Waals surface area contributed by atoms with Gasteiger partial charge in [0.05, 0.1) is 7.11 Å². The highest BCUT2D eigenvalue weighted by molar-refractivity contribution is 5.31. The monoisotopic (exact) mass is 211 g/mol. The summed E-state index contributed by atoms with van der Waals surface area (Å²) >= 11 is 0. The van der Waals surface area contributed by atoms with Crippen molar-refractivity contribution in [3.05, 3.63) is 29.8 Å². The van der Waals surface area contributed by atoms with E-state index in [1.54, 1.807) is 31.4 Å². The molecule has 84 valence electrons. The normalized spacial score (nSPS) is 15.1. The summed E-state index contributed by atoms with van der Waals surface area (Å²) in [5.41, 5.74) is 4.66. The Bertz CT molecular complexity index is 310. The molecule has 0 aromatic heterocycles. The van der Waals surface area contributed by atoms with Crippen molar-refractivity contribution in [1.82, 2.24) is 0 Å². The number of hydrogen-bond donors (Lipinski definition) is 1. The number of benzene rings is 1. The summed E-state index contributed by atoms with van der Waals surface area (Å²) in [4.78, 5) is 0. The third-order valence-electron chi connectivity index (χ3n) is 2.78. The van der Waals surface area contributed by atoms with E-state index in [9.17, 15) is 4.39 Å². The molecule has 0 heterocycles. The van der Waals surface area contributed by atoms with Crippen LogP contribution in [0.25, 0.3) is 0 Å². The van der Waals surface area contributed by atoms with Crippen LogP contribution in [0.15, 0.2) is 24.3 Å². The van der Waals surface area contributed by atoms with E-state index in [-0.39, 0.29) is 12.5 Å². The maximum Gasteiger partial charge on any atom is 0.150 e. The van der Waals surface area contributed by atoms with E-state index < -0.39 is 5.67 Å². The number of hydrogen-bond acceptors (Lipinski definition) is 2. The molecule has 0 aliphatic rings. The first kappa shape index (κ1) is 12.0. The van der Waals surface area contributed by atoms with Crippen molar-refractivity contribution in [2.24, 2.45) is 11.7 Å². The summed E-state index contributed by atoms with van der Waals surface area (Å²) in [5, 5.41) is 0. The summed E-state index contributed by atoms with van der Waals surface area (Å²) in [6.07, 6.45) is 0. The molecule has 0 saturated carbocycles. The fourth-order valence-electron chi connectivity index (χ4n) is 1.55. The highest BCUT2D eigenvalue weighted by Gasteiger charge is 2.34. The van der Waals surface area contributed by atoms with E-state index in [1.807, 2.05) is 13.8 Å². The van der Waals surface area contributed by atoms with E-state index in [1.165, 1.54) is 0 Å². The molecule has 0 saturated heterocycles. The van der Waals surface area contributed by atoms with Gasteiger partial charge in [-0.05, 0) is 23.6 Å². The second-order valence-corrected chi connectivity index (χ2v) is 3.95. The van der Waals surface area contributed by atoms with Gasteiger partial charge in [-0.3, -0.25) is 0 Å². The highest BCUT2D eigenvalue weighted by atomic mass is 19.1. The van der Waals surface area contributed by atoms with Gasteiger partial charge in [0.15, 0.2) is 0 Å². The lowest BCUT2D eigenvalue weighted by atomic mass is 9.85. The second kappa shape index (κ2) is 4.62. The molecule has 0 bridgehead atoms.